The number of likely N-dealkylation sites (N-methyl/N-ethyl adjacent to an activating group) is 1. The lowest BCUT2D eigenvalue weighted by Gasteiger charge is -2.37. The van der Waals surface area contributed by atoms with Crippen molar-refractivity contribution in [1.82, 2.24) is 9.88 Å². The number of nitrogens with two attached hydrogens (primary N) is 1. The van der Waals surface area contributed by atoms with Crippen molar-refractivity contribution < 1.29 is 4.74 Å². The molecule has 4 heteroatoms. The second-order valence-corrected chi connectivity index (χ2v) is 5.53. The molecule has 2 N–H and O–H groups in total. The molecule has 0 spiro atoms. The molecule has 0 amide bonds. The molecule has 0 fully saturated rings. The molecule has 1 aromatic heterocycles. The van der Waals surface area contributed by atoms with Crippen molar-refractivity contribution in [2.24, 2.45) is 5.73 Å². The van der Waals surface area contributed by atoms with Gasteiger partial charge in [-0.3, -0.25) is 9.88 Å². The van der Waals surface area contributed by atoms with Gasteiger partial charge >= 0.3 is 0 Å². The van der Waals surface area contributed by atoms with Crippen molar-refractivity contribution in [3.63, 3.8) is 0 Å². The molecule has 4 nitrogen and oxygen atoms in total. The van der Waals surface area contributed by atoms with Crippen LogP contribution in [-0.4, -0.2) is 36.1 Å². The average molecular weight is 283 g/mol. The number of ether oxygens (including phenoxy) is 1. The molecule has 21 heavy (non-hydrogen) atoms. The second kappa shape index (κ2) is 6.24. The van der Waals surface area contributed by atoms with E-state index in [1.54, 1.807) is 0 Å². The number of nitrogens with zero attached hydrogens (tertiary/aromatic N) is 2. The molecule has 0 saturated heterocycles. The lowest BCUT2D eigenvalue weighted by atomic mass is 9.96. The zero-order valence-electron chi connectivity index (χ0n) is 12.3. The van der Waals surface area contributed by atoms with Crippen LogP contribution in [0.3, 0.4) is 0 Å². The first kappa shape index (κ1) is 14.0. The predicted molar refractivity (Wildman–Crippen MR) is 83.2 cm³/mol. The molecule has 1 aliphatic rings. The lowest BCUT2D eigenvalue weighted by Crippen LogP contribution is -2.47. The van der Waals surface area contributed by atoms with Crippen molar-refractivity contribution in [2.45, 2.75) is 18.5 Å². The van der Waals surface area contributed by atoms with Crippen LogP contribution in [-0.2, 0) is 6.42 Å². The number of para-hydroxylation sites is 1. The molecule has 0 saturated carbocycles. The third-order valence-electron chi connectivity index (χ3n) is 4.17. The van der Waals surface area contributed by atoms with Crippen LogP contribution in [0.25, 0.3) is 0 Å². The first-order valence-electron chi connectivity index (χ1n) is 7.32. The molecular formula is C17H21N3O. The molecule has 2 atom stereocenters. The van der Waals surface area contributed by atoms with Crippen LogP contribution >= 0.6 is 0 Å². The third-order valence-corrected chi connectivity index (χ3v) is 4.17. The average Bonchev–Trinajstić information content (AvgIpc) is 2.54. The summed E-state index contributed by atoms with van der Waals surface area (Å²) in [5.74, 6) is 0.920. The SMILES string of the molecule is CN(CCc1ccncc1)C1COc2ccccc2C1N. The molecular weight excluding hydrogens is 262 g/mol. The van der Waals surface area contributed by atoms with Gasteiger partial charge in [0.2, 0.25) is 0 Å². The van der Waals surface area contributed by atoms with Gasteiger partial charge in [0.1, 0.15) is 12.4 Å². The summed E-state index contributed by atoms with van der Waals surface area (Å²) >= 11 is 0. The zero-order chi connectivity index (χ0) is 14.7. The fourth-order valence-corrected chi connectivity index (χ4v) is 2.80. The van der Waals surface area contributed by atoms with Crippen LogP contribution in [0.4, 0.5) is 0 Å². The van der Waals surface area contributed by atoms with E-state index in [-0.39, 0.29) is 12.1 Å². The quantitative estimate of drug-likeness (QED) is 0.932. The van der Waals surface area contributed by atoms with Crippen molar-refractivity contribution in [3.05, 3.63) is 59.9 Å². The maximum atomic E-state index is 6.43. The van der Waals surface area contributed by atoms with Gasteiger partial charge < -0.3 is 10.5 Å². The van der Waals surface area contributed by atoms with Crippen LogP contribution in [0, 0.1) is 0 Å². The number of pyridine rings is 1. The first-order chi connectivity index (χ1) is 10.3. The topological polar surface area (TPSA) is 51.4 Å². The van der Waals surface area contributed by atoms with Crippen molar-refractivity contribution in [3.8, 4) is 5.75 Å². The smallest absolute Gasteiger partial charge is 0.124 e. The summed E-state index contributed by atoms with van der Waals surface area (Å²) in [5.41, 5.74) is 8.82. The van der Waals surface area contributed by atoms with E-state index in [0.717, 1.165) is 24.3 Å². The summed E-state index contributed by atoms with van der Waals surface area (Å²) in [6.45, 7) is 1.60. The number of benzene rings is 1. The summed E-state index contributed by atoms with van der Waals surface area (Å²) in [5, 5.41) is 0. The monoisotopic (exact) mass is 283 g/mol. The highest BCUT2D eigenvalue weighted by Gasteiger charge is 2.30. The van der Waals surface area contributed by atoms with Gasteiger partial charge in [0.25, 0.3) is 0 Å². The molecule has 1 aliphatic heterocycles. The van der Waals surface area contributed by atoms with Gasteiger partial charge in [0, 0.05) is 24.5 Å². The molecule has 3 rings (SSSR count). The fourth-order valence-electron chi connectivity index (χ4n) is 2.80. The Morgan fingerprint density at radius 2 is 2.00 bits per heavy atom. The Kier molecular flexibility index (Phi) is 4.18. The van der Waals surface area contributed by atoms with E-state index >= 15 is 0 Å². The van der Waals surface area contributed by atoms with E-state index in [1.165, 1.54) is 5.56 Å². The number of aromatic nitrogens is 1. The first-order valence-corrected chi connectivity index (χ1v) is 7.32. The van der Waals surface area contributed by atoms with Crippen LogP contribution in [0.2, 0.25) is 0 Å². The number of rotatable bonds is 4. The minimum atomic E-state index is -0.00242. The Bertz CT molecular complexity index is 588. The van der Waals surface area contributed by atoms with E-state index in [4.69, 9.17) is 10.5 Å². The Labute approximate surface area is 125 Å². The number of hydrogen-bond donors (Lipinski definition) is 1. The van der Waals surface area contributed by atoms with Crippen molar-refractivity contribution >= 4 is 0 Å². The maximum Gasteiger partial charge on any atom is 0.124 e. The van der Waals surface area contributed by atoms with E-state index in [1.807, 2.05) is 30.6 Å². The zero-order valence-corrected chi connectivity index (χ0v) is 12.3. The molecule has 2 aromatic rings. The molecule has 0 bridgehead atoms. The Balaban J connectivity index is 1.65. The summed E-state index contributed by atoms with van der Waals surface area (Å²) in [4.78, 5) is 6.34. The largest absolute Gasteiger partial charge is 0.492 e. The summed E-state index contributed by atoms with van der Waals surface area (Å²) < 4.78 is 5.85. The number of fused-ring (bicyclic) bond motifs is 1. The Morgan fingerprint density at radius 1 is 1.24 bits per heavy atom. The van der Waals surface area contributed by atoms with Crippen LogP contribution in [0.15, 0.2) is 48.8 Å². The number of hydrogen-bond acceptors (Lipinski definition) is 4. The van der Waals surface area contributed by atoms with Crippen LogP contribution in [0.5, 0.6) is 5.75 Å². The normalized spacial score (nSPS) is 20.9. The highest BCUT2D eigenvalue weighted by Crippen LogP contribution is 2.32. The van der Waals surface area contributed by atoms with Gasteiger partial charge in [-0.25, -0.2) is 0 Å². The minimum Gasteiger partial charge on any atom is -0.492 e. The molecule has 1 aromatic carbocycles. The predicted octanol–water partition coefficient (Wildman–Crippen LogP) is 2.02. The van der Waals surface area contributed by atoms with Crippen LogP contribution in [0.1, 0.15) is 17.2 Å². The van der Waals surface area contributed by atoms with Crippen molar-refractivity contribution in [1.29, 1.82) is 0 Å². The van der Waals surface area contributed by atoms with Gasteiger partial charge in [0.05, 0.1) is 12.1 Å². The Morgan fingerprint density at radius 3 is 2.81 bits per heavy atom. The van der Waals surface area contributed by atoms with E-state index in [0.29, 0.717) is 6.61 Å². The van der Waals surface area contributed by atoms with E-state index in [2.05, 4.69) is 35.1 Å². The van der Waals surface area contributed by atoms with Crippen molar-refractivity contribution in [2.75, 3.05) is 20.2 Å². The van der Waals surface area contributed by atoms with Gasteiger partial charge in [-0.05, 0) is 37.2 Å². The minimum absolute atomic E-state index is 0.00242. The van der Waals surface area contributed by atoms with E-state index in [9.17, 15) is 0 Å². The summed E-state index contributed by atoms with van der Waals surface area (Å²) in [6.07, 6.45) is 4.66. The fraction of sp³-hybridized carbons (Fsp3) is 0.353. The molecule has 2 heterocycles. The van der Waals surface area contributed by atoms with Gasteiger partial charge in [0.15, 0.2) is 0 Å². The standard InChI is InChI=1S/C17H21N3O/c1-20(11-8-13-6-9-19-10-7-13)15-12-21-16-5-3-2-4-14(16)17(15)18/h2-7,9-10,15,17H,8,11-12,18H2,1H3. The van der Waals surface area contributed by atoms with Crippen LogP contribution < -0.4 is 10.5 Å². The molecule has 0 radical (unpaired) electrons. The molecule has 110 valence electrons. The van der Waals surface area contributed by atoms with Gasteiger partial charge in [-0.15, -0.1) is 0 Å². The summed E-state index contributed by atoms with van der Waals surface area (Å²) in [7, 11) is 2.11. The maximum absolute atomic E-state index is 6.43. The third kappa shape index (κ3) is 3.06. The second-order valence-electron chi connectivity index (χ2n) is 5.53. The Hall–Kier alpha value is -1.91. The highest BCUT2D eigenvalue weighted by molar-refractivity contribution is 5.38. The molecule has 2 unspecified atom stereocenters. The van der Waals surface area contributed by atoms with Gasteiger partial charge in [-0.1, -0.05) is 18.2 Å². The van der Waals surface area contributed by atoms with Gasteiger partial charge in [-0.2, -0.15) is 0 Å². The van der Waals surface area contributed by atoms with E-state index < -0.39 is 0 Å². The summed E-state index contributed by atoms with van der Waals surface area (Å²) in [6, 6.07) is 12.4. The lowest BCUT2D eigenvalue weighted by molar-refractivity contribution is 0.120. The highest BCUT2D eigenvalue weighted by atomic mass is 16.5. The molecule has 0 aliphatic carbocycles.